The van der Waals surface area contributed by atoms with Gasteiger partial charge in [0.25, 0.3) is 0 Å². The molecule has 4 nitrogen and oxygen atoms in total. The molecule has 0 amide bonds. The largest absolute Gasteiger partial charge is 0.478 e. The molecular weight excluding hydrogens is 314 g/mol. The highest BCUT2D eigenvalue weighted by Crippen LogP contribution is 2.39. The van der Waals surface area contributed by atoms with Crippen LogP contribution in [0.2, 0.25) is 0 Å². The number of rotatable bonds is 5. The van der Waals surface area contributed by atoms with Crippen molar-refractivity contribution in [1.82, 2.24) is 4.98 Å². The predicted octanol–water partition coefficient (Wildman–Crippen LogP) is 3.88. The fourth-order valence-electron chi connectivity index (χ4n) is 3.55. The molecule has 0 aliphatic heterocycles. The van der Waals surface area contributed by atoms with Crippen LogP contribution in [0.5, 0.6) is 5.88 Å². The van der Waals surface area contributed by atoms with Gasteiger partial charge in [0.2, 0.25) is 5.88 Å². The summed E-state index contributed by atoms with van der Waals surface area (Å²) in [6.45, 7) is 8.04. The van der Waals surface area contributed by atoms with E-state index in [1.54, 1.807) is 13.8 Å². The van der Waals surface area contributed by atoms with Crippen LogP contribution in [0, 0.1) is 13.8 Å². The van der Waals surface area contributed by atoms with Crippen molar-refractivity contribution >= 4 is 0 Å². The third-order valence-electron chi connectivity index (χ3n) is 4.85. The van der Waals surface area contributed by atoms with Gasteiger partial charge in [-0.2, -0.15) is 0 Å². The van der Waals surface area contributed by atoms with E-state index >= 15 is 0 Å². The van der Waals surface area contributed by atoms with Gasteiger partial charge < -0.3 is 14.9 Å². The van der Waals surface area contributed by atoms with E-state index in [1.807, 2.05) is 25.1 Å². The Morgan fingerprint density at radius 1 is 1.28 bits per heavy atom. The van der Waals surface area contributed by atoms with Gasteiger partial charge in [-0.1, -0.05) is 18.2 Å². The normalized spacial score (nSPS) is 16.8. The van der Waals surface area contributed by atoms with Crippen molar-refractivity contribution < 1.29 is 14.9 Å². The number of aliphatic hydroxyl groups is 2. The maximum absolute atomic E-state index is 10.1. The smallest absolute Gasteiger partial charge is 0.213 e. The third kappa shape index (κ3) is 3.86. The van der Waals surface area contributed by atoms with Crippen LogP contribution in [0.4, 0.5) is 0 Å². The van der Waals surface area contributed by atoms with Crippen LogP contribution >= 0.6 is 0 Å². The number of pyridine rings is 1. The molecule has 0 radical (unpaired) electrons. The van der Waals surface area contributed by atoms with Gasteiger partial charge in [-0.15, -0.1) is 0 Å². The first-order chi connectivity index (χ1) is 11.8. The Labute approximate surface area is 149 Å². The van der Waals surface area contributed by atoms with Crippen LogP contribution in [-0.2, 0) is 6.42 Å². The molecule has 1 aliphatic carbocycles. The molecule has 1 aromatic carbocycles. The van der Waals surface area contributed by atoms with E-state index in [1.165, 1.54) is 11.1 Å². The molecule has 2 aromatic rings. The van der Waals surface area contributed by atoms with Crippen molar-refractivity contribution in [1.29, 1.82) is 0 Å². The highest BCUT2D eigenvalue weighted by atomic mass is 16.5. The summed E-state index contributed by atoms with van der Waals surface area (Å²) in [4.78, 5) is 4.61. The van der Waals surface area contributed by atoms with Gasteiger partial charge >= 0.3 is 0 Å². The van der Waals surface area contributed by atoms with Crippen LogP contribution in [-0.4, -0.2) is 27.4 Å². The molecule has 0 fully saturated rings. The average Bonchev–Trinajstić information content (AvgIpc) is 2.88. The fraction of sp³-hybridized carbons (Fsp3) is 0.476. The van der Waals surface area contributed by atoms with Gasteiger partial charge in [-0.25, -0.2) is 4.98 Å². The van der Waals surface area contributed by atoms with Crippen LogP contribution in [0.25, 0.3) is 11.1 Å². The molecule has 1 atom stereocenters. The minimum Gasteiger partial charge on any atom is -0.478 e. The zero-order valence-electron chi connectivity index (χ0n) is 15.5. The third-order valence-corrected chi connectivity index (χ3v) is 4.85. The molecule has 25 heavy (non-hydrogen) atoms. The average molecular weight is 341 g/mol. The Balaban J connectivity index is 1.90. The number of nitrogens with zero attached hydrogens (tertiary/aromatic N) is 1. The number of hydrogen-bond donors (Lipinski definition) is 2. The van der Waals surface area contributed by atoms with Gasteiger partial charge in [-0.05, 0) is 62.8 Å². The molecule has 134 valence electrons. The first-order valence-corrected chi connectivity index (χ1v) is 8.90. The predicted molar refractivity (Wildman–Crippen MR) is 98.8 cm³/mol. The molecule has 3 rings (SSSR count). The number of aromatic nitrogens is 1. The summed E-state index contributed by atoms with van der Waals surface area (Å²) in [6, 6.07) is 8.10. The van der Waals surface area contributed by atoms with Crippen molar-refractivity contribution in [2.75, 3.05) is 6.61 Å². The zero-order valence-corrected chi connectivity index (χ0v) is 15.5. The summed E-state index contributed by atoms with van der Waals surface area (Å²) < 4.78 is 5.73. The van der Waals surface area contributed by atoms with E-state index in [-0.39, 0.29) is 6.10 Å². The molecule has 1 aliphatic rings. The van der Waals surface area contributed by atoms with Crippen LogP contribution in [0.1, 0.15) is 55.2 Å². The van der Waals surface area contributed by atoms with Crippen LogP contribution in [0.15, 0.2) is 24.3 Å². The van der Waals surface area contributed by atoms with Crippen molar-refractivity contribution in [3.63, 3.8) is 0 Å². The number of fused-ring (bicyclic) bond motifs is 1. The van der Waals surface area contributed by atoms with Gasteiger partial charge in [-0.3, -0.25) is 0 Å². The highest BCUT2D eigenvalue weighted by molar-refractivity contribution is 5.74. The molecule has 0 spiro atoms. The minimum atomic E-state index is -0.741. The lowest BCUT2D eigenvalue weighted by Crippen LogP contribution is -2.22. The summed E-state index contributed by atoms with van der Waals surface area (Å²) in [5.74, 6) is 0.593. The Hall–Kier alpha value is -1.91. The molecular formula is C21H27NO3. The number of hydrogen-bond acceptors (Lipinski definition) is 4. The van der Waals surface area contributed by atoms with E-state index in [0.717, 1.165) is 35.2 Å². The number of aliphatic hydroxyl groups excluding tert-OH is 1. The van der Waals surface area contributed by atoms with E-state index in [2.05, 4.69) is 18.0 Å². The Morgan fingerprint density at radius 3 is 2.72 bits per heavy atom. The number of aryl methyl sites for hydroxylation is 2. The van der Waals surface area contributed by atoms with Crippen molar-refractivity contribution in [3.8, 4) is 17.0 Å². The Kier molecular flexibility index (Phi) is 4.85. The van der Waals surface area contributed by atoms with E-state index < -0.39 is 5.60 Å². The molecule has 0 saturated carbocycles. The first kappa shape index (κ1) is 17.9. The zero-order chi connectivity index (χ0) is 18.2. The number of ether oxygens (including phenoxy) is 1. The van der Waals surface area contributed by atoms with Gasteiger partial charge in [0.15, 0.2) is 0 Å². The minimum absolute atomic E-state index is 0.354. The monoisotopic (exact) mass is 341 g/mol. The quantitative estimate of drug-likeness (QED) is 0.866. The van der Waals surface area contributed by atoms with Gasteiger partial charge in [0.1, 0.15) is 0 Å². The standard InChI is InChI=1S/C21H27NO3/c1-13-12-19(25-11-10-21(3,4)24)22-14(2)20(13)17-7-5-6-16-15(17)8-9-18(16)23/h5-7,12,18,23-24H,8-11H2,1-4H3. The SMILES string of the molecule is Cc1cc(OCCC(C)(C)O)nc(C)c1-c1cccc2c1CCC2O. The van der Waals surface area contributed by atoms with Crippen molar-refractivity contribution in [2.24, 2.45) is 0 Å². The molecule has 2 N–H and O–H groups in total. The maximum Gasteiger partial charge on any atom is 0.213 e. The molecule has 0 saturated heterocycles. The molecule has 4 heteroatoms. The summed E-state index contributed by atoms with van der Waals surface area (Å²) >= 11 is 0. The van der Waals surface area contributed by atoms with Crippen molar-refractivity contribution in [3.05, 3.63) is 46.6 Å². The molecule has 0 bridgehead atoms. The first-order valence-electron chi connectivity index (χ1n) is 8.90. The summed E-state index contributed by atoms with van der Waals surface area (Å²) in [5, 5.41) is 19.9. The van der Waals surface area contributed by atoms with E-state index in [9.17, 15) is 10.2 Å². The second-order valence-electron chi connectivity index (χ2n) is 7.58. The van der Waals surface area contributed by atoms with Crippen molar-refractivity contribution in [2.45, 2.75) is 58.7 Å². The van der Waals surface area contributed by atoms with E-state index in [4.69, 9.17) is 4.74 Å². The summed E-state index contributed by atoms with van der Waals surface area (Å²) in [6.07, 6.45) is 1.89. The molecule has 1 unspecified atom stereocenters. The van der Waals surface area contributed by atoms with E-state index in [0.29, 0.717) is 18.9 Å². The number of benzene rings is 1. The Morgan fingerprint density at radius 2 is 2.04 bits per heavy atom. The topological polar surface area (TPSA) is 62.6 Å². The lowest BCUT2D eigenvalue weighted by atomic mass is 9.93. The second kappa shape index (κ2) is 6.77. The maximum atomic E-state index is 10.1. The molecule has 1 aromatic heterocycles. The fourth-order valence-corrected chi connectivity index (χ4v) is 3.55. The van der Waals surface area contributed by atoms with Gasteiger partial charge in [0.05, 0.1) is 18.3 Å². The highest BCUT2D eigenvalue weighted by Gasteiger charge is 2.24. The lowest BCUT2D eigenvalue weighted by molar-refractivity contribution is 0.0547. The van der Waals surface area contributed by atoms with Crippen LogP contribution in [0.3, 0.4) is 0 Å². The lowest BCUT2D eigenvalue weighted by Gasteiger charge is -2.18. The Bertz CT molecular complexity index is 754. The van der Waals surface area contributed by atoms with Crippen LogP contribution < -0.4 is 4.74 Å². The molecule has 1 heterocycles. The summed E-state index contributed by atoms with van der Waals surface area (Å²) in [7, 11) is 0. The second-order valence-corrected chi connectivity index (χ2v) is 7.58. The summed E-state index contributed by atoms with van der Waals surface area (Å²) in [5.41, 5.74) is 5.87. The van der Waals surface area contributed by atoms with Gasteiger partial charge in [0, 0.05) is 23.7 Å².